The lowest BCUT2D eigenvalue weighted by molar-refractivity contribution is -0.164. The van der Waals surface area contributed by atoms with Crippen LogP contribution in [0.1, 0.15) is 30.9 Å². The van der Waals surface area contributed by atoms with E-state index in [0.29, 0.717) is 5.02 Å². The third kappa shape index (κ3) is 9.10. The van der Waals surface area contributed by atoms with Gasteiger partial charge in [-0.2, -0.15) is 0 Å². The average Bonchev–Trinajstić information content (AvgIpc) is 3.48. The zero-order chi connectivity index (χ0) is 30.8. The standard InChI is InChI=1S/C31H30ClFN2O8/c1-2-40-31(39)42-18-41-30(38)27(36)16-23(14-19-10-12-20(13-11-19)21-6-5-7-22(32)15-21)34-29(37)28-17-26(35-43-28)24-8-3-4-9-25(24)33/h3-13,15,17,23,27,29,34,36-37H,2,14,16,18H2,1H3/t23-,27-,29?/m1/s1. The number of aliphatic hydroxyl groups is 2. The van der Waals surface area contributed by atoms with Crippen molar-refractivity contribution in [1.82, 2.24) is 10.5 Å². The molecule has 0 spiro atoms. The molecule has 1 unspecified atom stereocenters. The lowest BCUT2D eigenvalue weighted by atomic mass is 9.97. The van der Waals surface area contributed by atoms with Crippen LogP contribution in [-0.4, -0.2) is 53.0 Å². The fourth-order valence-electron chi connectivity index (χ4n) is 4.27. The van der Waals surface area contributed by atoms with Gasteiger partial charge >= 0.3 is 12.1 Å². The van der Waals surface area contributed by atoms with E-state index < -0.39 is 43.1 Å². The van der Waals surface area contributed by atoms with Gasteiger partial charge in [0.25, 0.3) is 0 Å². The maximum atomic E-state index is 14.2. The molecule has 12 heteroatoms. The minimum absolute atomic E-state index is 0.000500. The molecule has 4 aromatic rings. The molecule has 1 heterocycles. The number of hydrogen-bond acceptors (Lipinski definition) is 10. The van der Waals surface area contributed by atoms with Crippen molar-refractivity contribution in [1.29, 1.82) is 0 Å². The highest BCUT2D eigenvalue weighted by atomic mass is 35.5. The van der Waals surface area contributed by atoms with Crippen molar-refractivity contribution in [3.05, 3.63) is 101 Å². The van der Waals surface area contributed by atoms with E-state index in [0.717, 1.165) is 16.7 Å². The van der Waals surface area contributed by atoms with Gasteiger partial charge in [0, 0.05) is 22.7 Å². The van der Waals surface area contributed by atoms with E-state index in [1.165, 1.54) is 18.2 Å². The van der Waals surface area contributed by atoms with E-state index in [4.69, 9.17) is 20.9 Å². The van der Waals surface area contributed by atoms with E-state index in [1.54, 1.807) is 25.1 Å². The van der Waals surface area contributed by atoms with Crippen LogP contribution in [-0.2, 0) is 25.4 Å². The first-order valence-corrected chi connectivity index (χ1v) is 13.8. The zero-order valence-electron chi connectivity index (χ0n) is 23.1. The first kappa shape index (κ1) is 31.6. The third-order valence-electron chi connectivity index (χ3n) is 6.36. The van der Waals surface area contributed by atoms with E-state index in [2.05, 4.69) is 19.9 Å². The summed E-state index contributed by atoms with van der Waals surface area (Å²) in [7, 11) is 0. The van der Waals surface area contributed by atoms with Gasteiger partial charge in [0.15, 0.2) is 18.1 Å². The average molecular weight is 613 g/mol. The molecule has 0 aliphatic rings. The number of hydrogen-bond donors (Lipinski definition) is 3. The summed E-state index contributed by atoms with van der Waals surface area (Å²) >= 11 is 6.12. The Kier molecular flexibility index (Phi) is 11.2. The second-order valence-corrected chi connectivity index (χ2v) is 9.87. The Labute approximate surface area is 251 Å². The normalized spacial score (nSPS) is 13.1. The largest absolute Gasteiger partial charge is 0.511 e. The molecule has 0 bridgehead atoms. The Hall–Kier alpha value is -4.29. The van der Waals surface area contributed by atoms with Crippen molar-refractivity contribution in [2.24, 2.45) is 0 Å². The second-order valence-electron chi connectivity index (χ2n) is 9.43. The summed E-state index contributed by atoms with van der Waals surface area (Å²) in [5.74, 6) is -1.54. The van der Waals surface area contributed by atoms with Crippen LogP contribution in [0.2, 0.25) is 5.02 Å². The van der Waals surface area contributed by atoms with E-state index in [1.807, 2.05) is 42.5 Å². The lowest BCUT2D eigenvalue weighted by Gasteiger charge is -2.23. The van der Waals surface area contributed by atoms with Gasteiger partial charge in [0.05, 0.1) is 6.61 Å². The number of aliphatic hydroxyl groups excluding tert-OH is 2. The van der Waals surface area contributed by atoms with E-state index in [9.17, 15) is 24.2 Å². The maximum absolute atomic E-state index is 14.2. The molecule has 226 valence electrons. The number of esters is 1. The van der Waals surface area contributed by atoms with Crippen LogP contribution in [0.3, 0.4) is 0 Å². The van der Waals surface area contributed by atoms with Gasteiger partial charge in [0.2, 0.25) is 6.79 Å². The fourth-order valence-corrected chi connectivity index (χ4v) is 4.46. The molecule has 0 amide bonds. The van der Waals surface area contributed by atoms with Crippen molar-refractivity contribution in [3.63, 3.8) is 0 Å². The Bertz CT molecular complexity index is 1510. The van der Waals surface area contributed by atoms with Crippen molar-refractivity contribution >= 4 is 23.7 Å². The molecular formula is C31H30ClFN2O8. The smallest absolute Gasteiger partial charge is 0.435 e. The molecule has 0 fully saturated rings. The van der Waals surface area contributed by atoms with Crippen molar-refractivity contribution in [2.45, 2.75) is 38.1 Å². The Balaban J connectivity index is 1.46. The van der Waals surface area contributed by atoms with Crippen LogP contribution in [0.4, 0.5) is 9.18 Å². The van der Waals surface area contributed by atoms with Crippen molar-refractivity contribution < 1.29 is 42.9 Å². The summed E-state index contributed by atoms with van der Waals surface area (Å²) in [6, 6.07) is 21.7. The molecule has 3 aromatic carbocycles. The highest BCUT2D eigenvalue weighted by Gasteiger charge is 2.26. The number of carbonyl (C=O) groups is 2. The quantitative estimate of drug-likeness (QED) is 0.132. The summed E-state index contributed by atoms with van der Waals surface area (Å²) in [6.07, 6.45) is -4.00. The Morgan fingerprint density at radius 1 is 0.977 bits per heavy atom. The molecule has 0 aliphatic heterocycles. The molecule has 1 aromatic heterocycles. The van der Waals surface area contributed by atoms with Crippen LogP contribution >= 0.6 is 11.6 Å². The van der Waals surface area contributed by atoms with Gasteiger partial charge in [-0.15, -0.1) is 0 Å². The van der Waals surface area contributed by atoms with Crippen molar-refractivity contribution in [2.75, 3.05) is 13.4 Å². The molecule has 0 saturated heterocycles. The minimum atomic E-state index is -1.63. The van der Waals surface area contributed by atoms with E-state index >= 15 is 0 Å². The number of rotatable bonds is 13. The number of nitrogens with one attached hydrogen (secondary N) is 1. The monoisotopic (exact) mass is 612 g/mol. The lowest BCUT2D eigenvalue weighted by Crippen LogP contribution is -2.39. The summed E-state index contributed by atoms with van der Waals surface area (Å²) in [5, 5.41) is 28.9. The molecule has 10 nitrogen and oxygen atoms in total. The Morgan fingerprint density at radius 2 is 1.74 bits per heavy atom. The number of ether oxygens (including phenoxy) is 3. The van der Waals surface area contributed by atoms with Gasteiger partial charge < -0.3 is 28.9 Å². The first-order valence-electron chi connectivity index (χ1n) is 13.4. The molecule has 3 atom stereocenters. The molecule has 43 heavy (non-hydrogen) atoms. The molecule has 4 rings (SSSR count). The van der Waals surface area contributed by atoms with Crippen LogP contribution in [0.5, 0.6) is 0 Å². The number of nitrogens with zero attached hydrogens (tertiary/aromatic N) is 1. The van der Waals surface area contributed by atoms with E-state index in [-0.39, 0.29) is 36.5 Å². The highest BCUT2D eigenvalue weighted by Crippen LogP contribution is 2.26. The van der Waals surface area contributed by atoms with Gasteiger partial charge in [-0.3, -0.25) is 5.32 Å². The van der Waals surface area contributed by atoms with Crippen LogP contribution in [0.25, 0.3) is 22.4 Å². The Morgan fingerprint density at radius 3 is 2.47 bits per heavy atom. The summed E-state index contributed by atoms with van der Waals surface area (Å²) in [6.45, 7) is 0.929. The SMILES string of the molecule is CCOC(=O)OCOC(=O)[C@H](O)C[C@@H](Cc1ccc(-c2cccc(Cl)c2)cc1)NC(O)c1cc(-c2ccccc2F)no1. The van der Waals surface area contributed by atoms with Gasteiger partial charge in [-0.1, -0.05) is 65.3 Å². The minimum Gasteiger partial charge on any atom is -0.435 e. The van der Waals surface area contributed by atoms with Gasteiger partial charge in [-0.05, 0) is 60.7 Å². The second kappa shape index (κ2) is 15.3. The molecular weight excluding hydrogens is 583 g/mol. The van der Waals surface area contributed by atoms with Crippen molar-refractivity contribution in [3.8, 4) is 22.4 Å². The number of benzene rings is 3. The van der Waals surface area contributed by atoms with Crippen LogP contribution < -0.4 is 5.32 Å². The predicted molar refractivity (Wildman–Crippen MR) is 154 cm³/mol. The summed E-state index contributed by atoms with van der Waals surface area (Å²) in [5.41, 5.74) is 3.08. The topological polar surface area (TPSA) is 140 Å². The molecule has 0 aliphatic carbocycles. The highest BCUT2D eigenvalue weighted by molar-refractivity contribution is 6.30. The third-order valence-corrected chi connectivity index (χ3v) is 6.59. The fraction of sp³-hybridized carbons (Fsp3) is 0.258. The van der Waals surface area contributed by atoms with Crippen LogP contribution in [0.15, 0.2) is 83.4 Å². The number of carbonyl (C=O) groups excluding carboxylic acids is 2. The summed E-state index contributed by atoms with van der Waals surface area (Å²) < 4.78 is 33.5. The number of halogens is 2. The van der Waals surface area contributed by atoms with Gasteiger partial charge in [0.1, 0.15) is 11.5 Å². The first-order chi connectivity index (χ1) is 20.7. The van der Waals surface area contributed by atoms with Gasteiger partial charge in [-0.25, -0.2) is 14.0 Å². The molecule has 3 N–H and O–H groups in total. The summed E-state index contributed by atoms with van der Waals surface area (Å²) in [4.78, 5) is 23.7. The molecule has 0 radical (unpaired) electrons. The van der Waals surface area contributed by atoms with Crippen LogP contribution in [0, 0.1) is 5.82 Å². The predicted octanol–water partition coefficient (Wildman–Crippen LogP) is 5.42. The molecule has 0 saturated carbocycles. The maximum Gasteiger partial charge on any atom is 0.511 e. The number of aromatic nitrogens is 1. The zero-order valence-corrected chi connectivity index (χ0v) is 23.9.